The van der Waals surface area contributed by atoms with Crippen molar-refractivity contribution in [2.24, 2.45) is 0 Å². The summed E-state index contributed by atoms with van der Waals surface area (Å²) < 4.78 is 27.9. The molecule has 1 aliphatic rings. The Morgan fingerprint density at radius 3 is 2.72 bits per heavy atom. The van der Waals surface area contributed by atoms with Gasteiger partial charge in [0.15, 0.2) is 5.82 Å². The zero-order valence-electron chi connectivity index (χ0n) is 10.7. The lowest BCUT2D eigenvalue weighted by Gasteiger charge is -2.17. The van der Waals surface area contributed by atoms with E-state index in [4.69, 9.17) is 4.52 Å². The maximum absolute atomic E-state index is 11.3. The molecule has 0 aromatic carbocycles. The van der Waals surface area contributed by atoms with E-state index < -0.39 is 9.84 Å². The van der Waals surface area contributed by atoms with Crippen LogP contribution in [0, 0.1) is 0 Å². The van der Waals surface area contributed by atoms with Crippen LogP contribution < -0.4 is 5.32 Å². The van der Waals surface area contributed by atoms with Crippen molar-refractivity contribution in [2.45, 2.75) is 38.1 Å². The second kappa shape index (κ2) is 5.36. The van der Waals surface area contributed by atoms with Crippen molar-refractivity contribution in [1.82, 2.24) is 15.5 Å². The fourth-order valence-corrected chi connectivity index (χ4v) is 3.52. The Morgan fingerprint density at radius 1 is 1.44 bits per heavy atom. The Hall–Kier alpha value is -0.950. The second-order valence-corrected chi connectivity index (χ2v) is 7.17. The number of aromatic nitrogens is 2. The summed E-state index contributed by atoms with van der Waals surface area (Å²) in [4.78, 5) is 4.36. The van der Waals surface area contributed by atoms with E-state index in [-0.39, 0.29) is 17.4 Å². The molecule has 1 aliphatic heterocycles. The van der Waals surface area contributed by atoms with Crippen molar-refractivity contribution in [3.8, 4) is 0 Å². The molecular weight excluding hydrogens is 254 g/mol. The zero-order chi connectivity index (χ0) is 13.2. The second-order valence-electron chi connectivity index (χ2n) is 4.87. The number of nitrogens with zero attached hydrogens (tertiary/aromatic N) is 2. The minimum Gasteiger partial charge on any atom is -0.339 e. The van der Waals surface area contributed by atoms with Gasteiger partial charge in [-0.3, -0.25) is 0 Å². The van der Waals surface area contributed by atoms with Gasteiger partial charge in [-0.25, -0.2) is 8.42 Å². The van der Waals surface area contributed by atoms with Crippen molar-refractivity contribution in [3.05, 3.63) is 11.7 Å². The molecule has 0 amide bonds. The molecule has 2 rings (SSSR count). The first-order valence-electron chi connectivity index (χ1n) is 6.20. The third-order valence-electron chi connectivity index (χ3n) is 3.37. The van der Waals surface area contributed by atoms with Gasteiger partial charge in [-0.05, 0) is 26.8 Å². The summed E-state index contributed by atoms with van der Waals surface area (Å²) in [6.07, 6.45) is 1.89. The molecule has 1 aromatic heterocycles. The minimum absolute atomic E-state index is 0.0969. The lowest BCUT2D eigenvalue weighted by Crippen LogP contribution is -2.24. The molecule has 7 heteroatoms. The number of nitrogens with one attached hydrogen (secondary N) is 1. The average Bonchev–Trinajstić information content (AvgIpc) is 2.77. The summed E-state index contributed by atoms with van der Waals surface area (Å²) in [5, 5.41) is 7.05. The van der Waals surface area contributed by atoms with Gasteiger partial charge in [0.1, 0.15) is 9.84 Å². The van der Waals surface area contributed by atoms with Crippen molar-refractivity contribution in [3.63, 3.8) is 0 Å². The summed E-state index contributed by atoms with van der Waals surface area (Å²) >= 11 is 0. The van der Waals surface area contributed by atoms with Gasteiger partial charge in [0.2, 0.25) is 5.89 Å². The van der Waals surface area contributed by atoms with E-state index in [2.05, 4.69) is 15.5 Å². The summed E-state index contributed by atoms with van der Waals surface area (Å²) in [6, 6.07) is 0.294. The molecule has 1 fully saturated rings. The average molecular weight is 273 g/mol. The monoisotopic (exact) mass is 273 g/mol. The van der Waals surface area contributed by atoms with E-state index >= 15 is 0 Å². The highest BCUT2D eigenvalue weighted by atomic mass is 32.2. The molecule has 6 nitrogen and oxygen atoms in total. The van der Waals surface area contributed by atoms with Crippen molar-refractivity contribution in [1.29, 1.82) is 0 Å². The highest BCUT2D eigenvalue weighted by Crippen LogP contribution is 2.27. The standard InChI is InChI=1S/C11H19N3O3S/c1-8(12-2)7-10-13-11(17-14-10)9-3-5-18(15,16)6-4-9/h8-9,12H,3-7H2,1-2H3. The van der Waals surface area contributed by atoms with Gasteiger partial charge in [-0.1, -0.05) is 5.16 Å². The zero-order valence-corrected chi connectivity index (χ0v) is 11.5. The third-order valence-corrected chi connectivity index (χ3v) is 5.08. The molecule has 18 heavy (non-hydrogen) atoms. The number of sulfone groups is 1. The summed E-state index contributed by atoms with van der Waals surface area (Å²) in [5.74, 6) is 1.81. The number of hydrogen-bond acceptors (Lipinski definition) is 6. The van der Waals surface area contributed by atoms with E-state index in [0.717, 1.165) is 0 Å². The first-order valence-corrected chi connectivity index (χ1v) is 8.02. The van der Waals surface area contributed by atoms with Crippen LogP contribution in [0.2, 0.25) is 0 Å². The van der Waals surface area contributed by atoms with E-state index in [9.17, 15) is 8.42 Å². The lowest BCUT2D eigenvalue weighted by atomic mass is 10.0. The predicted octanol–water partition coefficient (Wildman–Crippen LogP) is 0.512. The van der Waals surface area contributed by atoms with Crippen LogP contribution in [-0.2, 0) is 16.3 Å². The Morgan fingerprint density at radius 2 is 2.11 bits per heavy atom. The molecule has 0 bridgehead atoms. The van der Waals surface area contributed by atoms with Crippen LogP contribution in [0.4, 0.5) is 0 Å². The molecule has 1 atom stereocenters. The molecule has 102 valence electrons. The third kappa shape index (κ3) is 3.29. The van der Waals surface area contributed by atoms with Crippen LogP contribution in [0.3, 0.4) is 0 Å². The molecule has 2 heterocycles. The predicted molar refractivity (Wildman–Crippen MR) is 67.2 cm³/mol. The molecular formula is C11H19N3O3S. The maximum atomic E-state index is 11.3. The van der Waals surface area contributed by atoms with Crippen LogP contribution in [0.15, 0.2) is 4.52 Å². The number of rotatable bonds is 4. The Bertz CT molecular complexity index is 483. The van der Waals surface area contributed by atoms with Gasteiger partial charge < -0.3 is 9.84 Å². The normalized spacial score (nSPS) is 21.9. The summed E-state index contributed by atoms with van der Waals surface area (Å²) in [6.45, 7) is 2.04. The van der Waals surface area contributed by atoms with Gasteiger partial charge in [0.25, 0.3) is 0 Å². The summed E-state index contributed by atoms with van der Waals surface area (Å²) in [5.41, 5.74) is 0. The number of likely N-dealkylation sites (N-methyl/N-ethyl adjacent to an activating group) is 1. The van der Waals surface area contributed by atoms with Crippen molar-refractivity contribution in [2.75, 3.05) is 18.6 Å². The molecule has 1 saturated heterocycles. The fourth-order valence-electron chi connectivity index (χ4n) is 2.03. The van der Waals surface area contributed by atoms with Gasteiger partial charge >= 0.3 is 0 Å². The van der Waals surface area contributed by atoms with E-state index in [1.54, 1.807) is 0 Å². The first kappa shape index (κ1) is 13.5. The molecule has 0 saturated carbocycles. The van der Waals surface area contributed by atoms with Crippen LogP contribution in [0.1, 0.15) is 37.4 Å². The lowest BCUT2D eigenvalue weighted by molar-refractivity contribution is 0.339. The molecule has 1 unspecified atom stereocenters. The SMILES string of the molecule is CNC(C)Cc1noc(C2CCS(=O)(=O)CC2)n1. The van der Waals surface area contributed by atoms with Crippen molar-refractivity contribution >= 4 is 9.84 Å². The van der Waals surface area contributed by atoms with Gasteiger partial charge in [-0.15, -0.1) is 0 Å². The van der Waals surface area contributed by atoms with Gasteiger partial charge in [-0.2, -0.15) is 4.98 Å². The molecule has 1 aromatic rings. The van der Waals surface area contributed by atoms with E-state index in [1.807, 2.05) is 14.0 Å². The smallest absolute Gasteiger partial charge is 0.229 e. The Kier molecular flexibility index (Phi) is 4.01. The highest BCUT2D eigenvalue weighted by molar-refractivity contribution is 7.91. The molecule has 0 spiro atoms. The molecule has 0 aliphatic carbocycles. The minimum atomic E-state index is -2.84. The Balaban J connectivity index is 1.98. The molecule has 1 N–H and O–H groups in total. The van der Waals surface area contributed by atoms with Crippen LogP contribution >= 0.6 is 0 Å². The van der Waals surface area contributed by atoms with E-state index in [0.29, 0.717) is 37.0 Å². The highest BCUT2D eigenvalue weighted by Gasteiger charge is 2.28. The quantitative estimate of drug-likeness (QED) is 0.860. The van der Waals surface area contributed by atoms with Crippen LogP contribution in [-0.4, -0.2) is 43.2 Å². The number of hydrogen-bond donors (Lipinski definition) is 1. The topological polar surface area (TPSA) is 85.1 Å². The van der Waals surface area contributed by atoms with Crippen LogP contribution in [0.5, 0.6) is 0 Å². The fraction of sp³-hybridized carbons (Fsp3) is 0.818. The molecule has 0 radical (unpaired) electrons. The van der Waals surface area contributed by atoms with Gasteiger partial charge in [0.05, 0.1) is 11.5 Å². The Labute approximate surface area is 107 Å². The van der Waals surface area contributed by atoms with Crippen molar-refractivity contribution < 1.29 is 12.9 Å². The van der Waals surface area contributed by atoms with Gasteiger partial charge in [0, 0.05) is 18.4 Å². The maximum Gasteiger partial charge on any atom is 0.229 e. The van der Waals surface area contributed by atoms with E-state index in [1.165, 1.54) is 0 Å². The largest absolute Gasteiger partial charge is 0.339 e. The van der Waals surface area contributed by atoms with Crippen LogP contribution in [0.25, 0.3) is 0 Å². The summed E-state index contributed by atoms with van der Waals surface area (Å²) in [7, 11) is -0.953. The first-order chi connectivity index (χ1) is 8.50.